The van der Waals surface area contributed by atoms with Gasteiger partial charge in [-0.05, 0) is 12.1 Å². The molecule has 1 aromatic carbocycles. The Morgan fingerprint density at radius 1 is 1.20 bits per heavy atom. The Balaban J connectivity index is 3.31. The first kappa shape index (κ1) is 11.3. The van der Waals surface area contributed by atoms with Crippen LogP contribution in [0.3, 0.4) is 0 Å². The van der Waals surface area contributed by atoms with E-state index in [1.807, 2.05) is 0 Å². The molecule has 15 heavy (non-hydrogen) atoms. The zero-order valence-electron chi connectivity index (χ0n) is 7.46. The van der Waals surface area contributed by atoms with Gasteiger partial charge in [-0.3, -0.25) is 4.79 Å². The third-order valence-electron chi connectivity index (χ3n) is 1.77. The Labute approximate surface area is 83.3 Å². The summed E-state index contributed by atoms with van der Waals surface area (Å²) >= 11 is 0. The number of carboxylic acid groups (broad SMARTS) is 1. The molecule has 0 fully saturated rings. The Hall–Kier alpha value is -1.82. The lowest BCUT2D eigenvalue weighted by molar-refractivity contribution is 0.0690. The SMILES string of the molecule is NCC(=O)c1cc(F)c(C(=O)O)cc1F. The number of benzene rings is 1. The Kier molecular flexibility index (Phi) is 3.11. The highest BCUT2D eigenvalue weighted by Gasteiger charge is 2.18. The van der Waals surface area contributed by atoms with Crippen molar-refractivity contribution in [2.75, 3.05) is 6.54 Å². The van der Waals surface area contributed by atoms with Crippen LogP contribution in [-0.4, -0.2) is 23.4 Å². The molecular formula is C9H7F2NO3. The van der Waals surface area contributed by atoms with Gasteiger partial charge in [0.1, 0.15) is 11.6 Å². The van der Waals surface area contributed by atoms with Crippen molar-refractivity contribution in [2.24, 2.45) is 5.73 Å². The number of halogens is 2. The minimum atomic E-state index is -1.60. The van der Waals surface area contributed by atoms with Crippen molar-refractivity contribution in [3.8, 4) is 0 Å². The number of carboxylic acids is 1. The van der Waals surface area contributed by atoms with Gasteiger partial charge in [-0.2, -0.15) is 0 Å². The van der Waals surface area contributed by atoms with E-state index >= 15 is 0 Å². The first-order valence-electron chi connectivity index (χ1n) is 3.93. The molecular weight excluding hydrogens is 208 g/mol. The van der Waals surface area contributed by atoms with Crippen molar-refractivity contribution >= 4 is 11.8 Å². The van der Waals surface area contributed by atoms with Gasteiger partial charge in [0.15, 0.2) is 5.78 Å². The number of nitrogens with two attached hydrogens (primary N) is 1. The second kappa shape index (κ2) is 4.14. The van der Waals surface area contributed by atoms with Gasteiger partial charge in [0.2, 0.25) is 0 Å². The smallest absolute Gasteiger partial charge is 0.338 e. The van der Waals surface area contributed by atoms with Crippen LogP contribution in [0.2, 0.25) is 0 Å². The molecule has 4 nitrogen and oxygen atoms in total. The maximum Gasteiger partial charge on any atom is 0.338 e. The van der Waals surface area contributed by atoms with Crippen molar-refractivity contribution in [3.05, 3.63) is 34.9 Å². The van der Waals surface area contributed by atoms with Crippen molar-refractivity contribution in [1.82, 2.24) is 0 Å². The molecule has 0 saturated carbocycles. The Morgan fingerprint density at radius 2 is 1.67 bits per heavy atom. The van der Waals surface area contributed by atoms with E-state index in [0.29, 0.717) is 12.1 Å². The van der Waals surface area contributed by atoms with Crippen LogP contribution in [0.25, 0.3) is 0 Å². The van der Waals surface area contributed by atoms with Crippen LogP contribution in [-0.2, 0) is 0 Å². The average molecular weight is 215 g/mol. The summed E-state index contributed by atoms with van der Waals surface area (Å²) in [6.07, 6.45) is 0. The number of hydrogen-bond acceptors (Lipinski definition) is 3. The van der Waals surface area contributed by atoms with Crippen molar-refractivity contribution < 1.29 is 23.5 Å². The normalized spacial score (nSPS) is 10.1. The molecule has 0 aliphatic carbocycles. The lowest BCUT2D eigenvalue weighted by atomic mass is 10.1. The van der Waals surface area contributed by atoms with Gasteiger partial charge < -0.3 is 10.8 Å². The van der Waals surface area contributed by atoms with Crippen LogP contribution >= 0.6 is 0 Å². The number of aromatic carboxylic acids is 1. The lowest BCUT2D eigenvalue weighted by Crippen LogP contribution is -2.16. The summed E-state index contributed by atoms with van der Waals surface area (Å²) in [5, 5.41) is 8.46. The van der Waals surface area contributed by atoms with Gasteiger partial charge in [-0.1, -0.05) is 0 Å². The second-order valence-corrected chi connectivity index (χ2v) is 2.74. The third-order valence-corrected chi connectivity index (χ3v) is 1.77. The maximum atomic E-state index is 13.1. The zero-order chi connectivity index (χ0) is 11.6. The van der Waals surface area contributed by atoms with E-state index < -0.39 is 41.1 Å². The summed E-state index contributed by atoms with van der Waals surface area (Å²) in [6.45, 7) is -0.469. The second-order valence-electron chi connectivity index (χ2n) is 2.74. The van der Waals surface area contributed by atoms with E-state index in [-0.39, 0.29) is 0 Å². The molecule has 1 aromatic rings. The minimum Gasteiger partial charge on any atom is -0.478 e. The number of carbonyl (C=O) groups is 2. The molecule has 0 atom stereocenters. The van der Waals surface area contributed by atoms with E-state index in [1.54, 1.807) is 0 Å². The highest BCUT2D eigenvalue weighted by atomic mass is 19.1. The first-order valence-corrected chi connectivity index (χ1v) is 3.93. The van der Waals surface area contributed by atoms with Crippen LogP contribution in [0.4, 0.5) is 8.78 Å². The van der Waals surface area contributed by atoms with E-state index in [4.69, 9.17) is 10.8 Å². The fraction of sp³-hybridized carbons (Fsp3) is 0.111. The van der Waals surface area contributed by atoms with Crippen molar-refractivity contribution in [2.45, 2.75) is 0 Å². The van der Waals surface area contributed by atoms with Crippen LogP contribution < -0.4 is 5.73 Å². The van der Waals surface area contributed by atoms with E-state index in [0.717, 1.165) is 0 Å². The Morgan fingerprint density at radius 3 is 2.13 bits per heavy atom. The number of ketones is 1. The van der Waals surface area contributed by atoms with Crippen molar-refractivity contribution in [1.29, 1.82) is 0 Å². The topological polar surface area (TPSA) is 80.4 Å². The molecule has 80 valence electrons. The average Bonchev–Trinajstić information content (AvgIpc) is 2.19. The van der Waals surface area contributed by atoms with Crippen LogP contribution in [0, 0.1) is 11.6 Å². The summed E-state index contributed by atoms with van der Waals surface area (Å²) in [7, 11) is 0. The predicted octanol–water partition coefficient (Wildman–Crippen LogP) is 0.804. The first-order chi connectivity index (χ1) is 6.97. The molecule has 0 aliphatic rings. The third kappa shape index (κ3) is 2.16. The Bertz CT molecular complexity index is 432. The molecule has 1 rings (SSSR count). The molecule has 3 N–H and O–H groups in total. The molecule has 6 heteroatoms. The quantitative estimate of drug-likeness (QED) is 0.731. The number of rotatable bonds is 3. The summed E-state index contributed by atoms with van der Waals surface area (Å²) < 4.78 is 26.2. The van der Waals surface area contributed by atoms with Crippen molar-refractivity contribution in [3.63, 3.8) is 0 Å². The van der Waals surface area contributed by atoms with E-state index in [1.165, 1.54) is 0 Å². The molecule has 0 saturated heterocycles. The van der Waals surface area contributed by atoms with Gasteiger partial charge in [0.05, 0.1) is 17.7 Å². The summed E-state index contributed by atoms with van der Waals surface area (Å²) in [5.74, 6) is -4.65. The van der Waals surface area contributed by atoms with Gasteiger partial charge in [-0.25, -0.2) is 13.6 Å². The van der Waals surface area contributed by atoms with Gasteiger partial charge >= 0.3 is 5.97 Å². The highest BCUT2D eigenvalue weighted by molar-refractivity contribution is 5.99. The number of carbonyl (C=O) groups excluding carboxylic acids is 1. The lowest BCUT2D eigenvalue weighted by Gasteiger charge is -2.03. The fourth-order valence-electron chi connectivity index (χ4n) is 1.03. The van der Waals surface area contributed by atoms with Gasteiger partial charge in [-0.15, -0.1) is 0 Å². The molecule has 0 radical (unpaired) electrons. The number of hydrogen-bond donors (Lipinski definition) is 2. The van der Waals surface area contributed by atoms with Gasteiger partial charge in [0.25, 0.3) is 0 Å². The fourth-order valence-corrected chi connectivity index (χ4v) is 1.03. The molecule has 0 bridgehead atoms. The van der Waals surface area contributed by atoms with Crippen LogP contribution in [0.5, 0.6) is 0 Å². The number of Topliss-reactive ketones (excluding diaryl/α,β-unsaturated/α-hetero) is 1. The molecule has 0 spiro atoms. The standard InChI is InChI=1S/C9H7F2NO3/c10-6-2-5(9(14)15)7(11)1-4(6)8(13)3-12/h1-2H,3,12H2,(H,14,15). The highest BCUT2D eigenvalue weighted by Crippen LogP contribution is 2.15. The molecule has 0 heterocycles. The minimum absolute atomic E-state index is 0.459. The van der Waals surface area contributed by atoms with E-state index in [2.05, 4.69) is 0 Å². The molecule has 0 unspecified atom stereocenters. The summed E-state index contributed by atoms with van der Waals surface area (Å²) in [5.41, 5.74) is 3.61. The molecule has 0 aromatic heterocycles. The van der Waals surface area contributed by atoms with E-state index in [9.17, 15) is 18.4 Å². The maximum absolute atomic E-state index is 13.1. The monoisotopic (exact) mass is 215 g/mol. The largest absolute Gasteiger partial charge is 0.478 e. The molecule has 0 amide bonds. The van der Waals surface area contributed by atoms with Crippen LogP contribution in [0.1, 0.15) is 20.7 Å². The van der Waals surface area contributed by atoms with Gasteiger partial charge in [0, 0.05) is 0 Å². The van der Waals surface area contributed by atoms with Crippen LogP contribution in [0.15, 0.2) is 12.1 Å². The summed E-state index contributed by atoms with van der Waals surface area (Å²) in [6, 6.07) is 0.995. The summed E-state index contributed by atoms with van der Waals surface area (Å²) in [4.78, 5) is 21.4. The zero-order valence-corrected chi connectivity index (χ0v) is 7.46. The predicted molar refractivity (Wildman–Crippen MR) is 46.7 cm³/mol. The molecule has 0 aliphatic heterocycles.